The van der Waals surface area contributed by atoms with Gasteiger partial charge in [-0.1, -0.05) is 56.8 Å². The topological polar surface area (TPSA) is 26.3 Å². The third kappa shape index (κ3) is 7.62. The lowest BCUT2D eigenvalue weighted by atomic mass is 9.80. The lowest BCUT2D eigenvalue weighted by Gasteiger charge is -2.27. The second-order valence-corrected chi connectivity index (χ2v) is 8.71. The highest BCUT2D eigenvalue weighted by atomic mass is 16.5. The van der Waals surface area contributed by atoms with Crippen molar-refractivity contribution in [2.45, 2.75) is 71.6 Å². The molecule has 32 heavy (non-hydrogen) atoms. The van der Waals surface area contributed by atoms with E-state index in [0.717, 1.165) is 48.3 Å². The normalized spacial score (nSPS) is 17.4. The molecule has 0 spiro atoms. The predicted molar refractivity (Wildman–Crippen MR) is 131 cm³/mol. The Hall–Kier alpha value is -2.97. The fraction of sp³-hybridized carbons (Fsp3) is 0.433. The molecule has 1 fully saturated rings. The van der Waals surface area contributed by atoms with Gasteiger partial charge in [0.25, 0.3) is 0 Å². The number of ether oxygens (including phenoxy) is 1. The molecule has 0 amide bonds. The summed E-state index contributed by atoms with van der Waals surface area (Å²) in [7, 11) is 0. The molecule has 0 aromatic heterocycles. The zero-order valence-electron chi connectivity index (χ0n) is 19.5. The Kier molecular flexibility index (Phi) is 9.46. The van der Waals surface area contributed by atoms with E-state index in [2.05, 4.69) is 30.6 Å². The molecule has 0 bridgehead atoms. The van der Waals surface area contributed by atoms with Gasteiger partial charge in [-0.05, 0) is 87.1 Å². The number of hydrogen-bond acceptors (Lipinski definition) is 2. The number of carbonyl (C=O) groups excluding carboxylic acids is 1. The monoisotopic (exact) mass is 426 g/mol. The van der Waals surface area contributed by atoms with Crippen LogP contribution in [-0.2, 0) is 4.79 Å². The Morgan fingerprint density at radius 1 is 0.812 bits per heavy atom. The van der Waals surface area contributed by atoms with Crippen molar-refractivity contribution in [1.82, 2.24) is 0 Å². The molecule has 0 atom stereocenters. The van der Waals surface area contributed by atoms with Crippen LogP contribution in [0.5, 0.6) is 5.75 Å². The Balaban J connectivity index is 1.45. The largest absolute Gasteiger partial charge is 0.426 e. The van der Waals surface area contributed by atoms with E-state index in [0.29, 0.717) is 5.75 Å². The second-order valence-electron chi connectivity index (χ2n) is 8.71. The summed E-state index contributed by atoms with van der Waals surface area (Å²) in [6, 6.07) is 15.4. The van der Waals surface area contributed by atoms with Crippen molar-refractivity contribution in [2.75, 3.05) is 0 Å². The van der Waals surface area contributed by atoms with Crippen LogP contribution in [0.3, 0.4) is 0 Å². The smallest absolute Gasteiger partial charge is 0.314 e. The molecule has 0 radical (unpaired) electrons. The minimum Gasteiger partial charge on any atom is -0.426 e. The van der Waals surface area contributed by atoms with Gasteiger partial charge in [-0.25, -0.2) is 0 Å². The van der Waals surface area contributed by atoms with Crippen LogP contribution in [0.15, 0.2) is 48.5 Å². The van der Waals surface area contributed by atoms with Gasteiger partial charge in [-0.3, -0.25) is 4.79 Å². The van der Waals surface area contributed by atoms with E-state index in [1.807, 2.05) is 55.5 Å². The molecule has 2 aromatic carbocycles. The van der Waals surface area contributed by atoms with E-state index < -0.39 is 0 Å². The molecule has 1 aliphatic carbocycles. The molecule has 2 nitrogen and oxygen atoms in total. The molecule has 0 aliphatic heterocycles. The lowest BCUT2D eigenvalue weighted by molar-refractivity contribution is -0.140. The second kappa shape index (κ2) is 12.8. The van der Waals surface area contributed by atoms with Crippen molar-refractivity contribution in [3.63, 3.8) is 0 Å². The summed E-state index contributed by atoms with van der Waals surface area (Å²) in [6.45, 7) is 4.08. The molecule has 166 valence electrons. The maximum atomic E-state index is 12.6. The third-order valence-corrected chi connectivity index (χ3v) is 6.22. The molecule has 1 saturated carbocycles. The van der Waals surface area contributed by atoms with Crippen molar-refractivity contribution < 1.29 is 9.53 Å². The van der Waals surface area contributed by atoms with Gasteiger partial charge < -0.3 is 4.74 Å². The molecule has 2 heteroatoms. The van der Waals surface area contributed by atoms with Crippen LogP contribution in [0.1, 0.15) is 88.3 Å². The summed E-state index contributed by atoms with van der Waals surface area (Å²) in [5, 5.41) is 0. The molecule has 1 aliphatic rings. The Labute approximate surface area is 193 Å². The van der Waals surface area contributed by atoms with Gasteiger partial charge >= 0.3 is 5.97 Å². The fourth-order valence-electron chi connectivity index (χ4n) is 4.28. The summed E-state index contributed by atoms with van der Waals surface area (Å²) in [6.07, 6.45) is 10.9. The highest BCUT2D eigenvalue weighted by Gasteiger charge is 2.27. The number of hydrogen-bond donors (Lipinski definition) is 0. The van der Waals surface area contributed by atoms with E-state index in [-0.39, 0.29) is 11.9 Å². The number of rotatable bonds is 7. The number of esters is 1. The predicted octanol–water partition coefficient (Wildman–Crippen LogP) is 7.14. The fourth-order valence-corrected chi connectivity index (χ4v) is 4.28. The summed E-state index contributed by atoms with van der Waals surface area (Å²) >= 11 is 0. The summed E-state index contributed by atoms with van der Waals surface area (Å²) < 4.78 is 5.66. The maximum Gasteiger partial charge on any atom is 0.314 e. The van der Waals surface area contributed by atoms with Gasteiger partial charge in [0, 0.05) is 16.7 Å². The summed E-state index contributed by atoms with van der Waals surface area (Å²) in [5.74, 6) is 13.6. The molecule has 0 N–H and O–H groups in total. The zero-order chi connectivity index (χ0) is 22.6. The lowest BCUT2D eigenvalue weighted by Crippen LogP contribution is -2.25. The van der Waals surface area contributed by atoms with E-state index in [1.165, 1.54) is 32.1 Å². The van der Waals surface area contributed by atoms with E-state index in [1.54, 1.807) is 0 Å². The Morgan fingerprint density at radius 2 is 1.38 bits per heavy atom. The number of unbranched alkanes of at least 4 members (excludes halogenated alkanes) is 3. The van der Waals surface area contributed by atoms with E-state index in [9.17, 15) is 4.79 Å². The quantitative estimate of drug-likeness (QED) is 0.203. The Bertz CT molecular complexity index is 970. The molecule has 3 rings (SSSR count). The van der Waals surface area contributed by atoms with Gasteiger partial charge in [0.15, 0.2) is 0 Å². The molecular formula is C30H34O2. The van der Waals surface area contributed by atoms with Crippen molar-refractivity contribution in [1.29, 1.82) is 0 Å². The molecule has 0 unspecified atom stereocenters. The summed E-state index contributed by atoms with van der Waals surface area (Å²) in [5.41, 5.74) is 2.83. The molecule has 0 heterocycles. The highest BCUT2D eigenvalue weighted by Crippen LogP contribution is 2.33. The van der Waals surface area contributed by atoms with Crippen molar-refractivity contribution in [3.8, 4) is 29.4 Å². The number of carbonyl (C=O) groups is 1. The van der Waals surface area contributed by atoms with Crippen LogP contribution >= 0.6 is 0 Å². The van der Waals surface area contributed by atoms with Crippen LogP contribution in [0.4, 0.5) is 0 Å². The van der Waals surface area contributed by atoms with E-state index >= 15 is 0 Å². The molecular weight excluding hydrogens is 392 g/mol. The third-order valence-electron chi connectivity index (χ3n) is 6.22. The molecule has 0 saturated heterocycles. The van der Waals surface area contributed by atoms with Crippen LogP contribution in [0.2, 0.25) is 0 Å². The maximum absolute atomic E-state index is 12.6. The average molecular weight is 427 g/mol. The SMILES string of the molecule is CC#Cc1ccc(C#Cc2ccc(OC(=O)C3CCC(CCCCCC)CC3)cc2)cc1. The minimum absolute atomic E-state index is 0.0433. The van der Waals surface area contributed by atoms with Gasteiger partial charge in [0.05, 0.1) is 5.92 Å². The average Bonchev–Trinajstić information content (AvgIpc) is 2.83. The van der Waals surface area contributed by atoms with Crippen LogP contribution in [-0.4, -0.2) is 5.97 Å². The summed E-state index contributed by atoms with van der Waals surface area (Å²) in [4.78, 5) is 12.6. The van der Waals surface area contributed by atoms with Gasteiger partial charge in [-0.15, -0.1) is 5.92 Å². The van der Waals surface area contributed by atoms with Crippen LogP contribution in [0.25, 0.3) is 0 Å². The van der Waals surface area contributed by atoms with Crippen LogP contribution in [0, 0.1) is 35.5 Å². The van der Waals surface area contributed by atoms with Gasteiger partial charge in [0.1, 0.15) is 5.75 Å². The molecule has 2 aromatic rings. The van der Waals surface area contributed by atoms with Crippen LogP contribution < -0.4 is 4.74 Å². The first kappa shape index (κ1) is 23.7. The first-order valence-corrected chi connectivity index (χ1v) is 12.0. The van der Waals surface area contributed by atoms with Crippen molar-refractivity contribution in [3.05, 3.63) is 65.2 Å². The van der Waals surface area contributed by atoms with Gasteiger partial charge in [-0.2, -0.15) is 0 Å². The first-order chi connectivity index (χ1) is 15.7. The van der Waals surface area contributed by atoms with Gasteiger partial charge in [0.2, 0.25) is 0 Å². The zero-order valence-corrected chi connectivity index (χ0v) is 19.5. The van der Waals surface area contributed by atoms with E-state index in [4.69, 9.17) is 4.74 Å². The number of benzene rings is 2. The minimum atomic E-state index is -0.0801. The first-order valence-electron chi connectivity index (χ1n) is 12.0. The standard InChI is InChI=1S/C30H34O2/c1-3-5-6-7-9-25-16-20-28(21-17-25)30(31)32-29-22-18-27(19-23-29)15-14-26-12-10-24(8-4-2)11-13-26/h10-13,18-19,22-23,25,28H,3,5-7,9,16-17,20-21H2,1-2H3. The van der Waals surface area contributed by atoms with Crippen molar-refractivity contribution in [2.24, 2.45) is 11.8 Å². The Morgan fingerprint density at radius 3 is 1.94 bits per heavy atom. The highest BCUT2D eigenvalue weighted by molar-refractivity contribution is 5.75. The van der Waals surface area contributed by atoms with Crippen molar-refractivity contribution >= 4 is 5.97 Å².